The van der Waals surface area contributed by atoms with Crippen molar-refractivity contribution in [1.82, 2.24) is 19.8 Å². The molecule has 110 valence electrons. The van der Waals surface area contributed by atoms with Gasteiger partial charge in [-0.15, -0.1) is 10.2 Å². The van der Waals surface area contributed by atoms with E-state index in [-0.39, 0.29) is 0 Å². The summed E-state index contributed by atoms with van der Waals surface area (Å²) in [6, 6.07) is 7.92. The van der Waals surface area contributed by atoms with Gasteiger partial charge in [0.15, 0.2) is 5.82 Å². The molecular formula is C14H16N4O2S. The summed E-state index contributed by atoms with van der Waals surface area (Å²) in [4.78, 5) is 0.790. The SMILES string of the molecule is CCOc1cccc(-c2nn3c(CCOC)nnc3s2)c1. The van der Waals surface area contributed by atoms with Crippen molar-refractivity contribution in [2.45, 2.75) is 13.3 Å². The molecule has 0 aliphatic heterocycles. The van der Waals surface area contributed by atoms with E-state index in [2.05, 4.69) is 15.3 Å². The first-order valence-corrected chi connectivity index (χ1v) is 7.56. The minimum Gasteiger partial charge on any atom is -0.494 e. The van der Waals surface area contributed by atoms with Gasteiger partial charge in [-0.3, -0.25) is 0 Å². The van der Waals surface area contributed by atoms with Crippen LogP contribution in [0.2, 0.25) is 0 Å². The van der Waals surface area contributed by atoms with Gasteiger partial charge in [-0.05, 0) is 19.1 Å². The van der Waals surface area contributed by atoms with Gasteiger partial charge in [-0.25, -0.2) is 0 Å². The lowest BCUT2D eigenvalue weighted by Gasteiger charge is -2.03. The Bertz CT molecular complexity index is 737. The van der Waals surface area contributed by atoms with Crippen LogP contribution < -0.4 is 4.74 Å². The molecule has 0 saturated heterocycles. The highest BCUT2D eigenvalue weighted by atomic mass is 32.1. The molecule has 3 rings (SSSR count). The zero-order valence-electron chi connectivity index (χ0n) is 11.9. The predicted molar refractivity (Wildman–Crippen MR) is 80.8 cm³/mol. The number of fused-ring (bicyclic) bond motifs is 1. The molecule has 0 unspecified atom stereocenters. The maximum absolute atomic E-state index is 5.53. The smallest absolute Gasteiger partial charge is 0.234 e. The lowest BCUT2D eigenvalue weighted by molar-refractivity contribution is 0.200. The van der Waals surface area contributed by atoms with Crippen LogP contribution in [0.4, 0.5) is 0 Å². The fraction of sp³-hybridized carbons (Fsp3) is 0.357. The first-order chi connectivity index (χ1) is 10.3. The molecule has 1 aromatic carbocycles. The molecule has 0 atom stereocenters. The van der Waals surface area contributed by atoms with E-state index in [1.807, 2.05) is 31.2 Å². The molecule has 0 saturated carbocycles. The quantitative estimate of drug-likeness (QED) is 0.700. The van der Waals surface area contributed by atoms with Crippen LogP contribution in [0, 0.1) is 0 Å². The van der Waals surface area contributed by atoms with Gasteiger partial charge < -0.3 is 9.47 Å². The van der Waals surface area contributed by atoms with Gasteiger partial charge >= 0.3 is 0 Å². The van der Waals surface area contributed by atoms with Crippen LogP contribution in [0.1, 0.15) is 12.7 Å². The number of methoxy groups -OCH3 is 1. The van der Waals surface area contributed by atoms with Crippen molar-refractivity contribution in [3.8, 4) is 16.3 Å². The van der Waals surface area contributed by atoms with E-state index in [9.17, 15) is 0 Å². The first-order valence-electron chi connectivity index (χ1n) is 6.75. The summed E-state index contributed by atoms with van der Waals surface area (Å²) in [5.74, 6) is 1.66. The number of hydrogen-bond donors (Lipinski definition) is 0. The van der Waals surface area contributed by atoms with Gasteiger partial charge in [-0.2, -0.15) is 9.61 Å². The van der Waals surface area contributed by atoms with Crippen LogP contribution in [0.5, 0.6) is 5.75 Å². The van der Waals surface area contributed by atoms with Gasteiger partial charge in [0.1, 0.15) is 10.8 Å². The minimum absolute atomic E-state index is 0.605. The Morgan fingerprint density at radius 1 is 1.29 bits per heavy atom. The third-order valence-corrected chi connectivity index (χ3v) is 3.93. The molecule has 21 heavy (non-hydrogen) atoms. The molecule has 0 radical (unpaired) electrons. The van der Waals surface area contributed by atoms with E-state index in [0.29, 0.717) is 19.6 Å². The number of nitrogens with zero attached hydrogens (tertiary/aromatic N) is 4. The van der Waals surface area contributed by atoms with Crippen molar-refractivity contribution in [2.24, 2.45) is 0 Å². The zero-order valence-corrected chi connectivity index (χ0v) is 12.8. The molecule has 0 fully saturated rings. The molecule has 2 heterocycles. The zero-order chi connectivity index (χ0) is 14.7. The summed E-state index contributed by atoms with van der Waals surface area (Å²) in [6.07, 6.45) is 0.694. The number of ether oxygens (including phenoxy) is 2. The number of hydrogen-bond acceptors (Lipinski definition) is 6. The van der Waals surface area contributed by atoms with Gasteiger partial charge in [-0.1, -0.05) is 23.5 Å². The molecular weight excluding hydrogens is 288 g/mol. The van der Waals surface area contributed by atoms with Crippen LogP contribution in [0.15, 0.2) is 24.3 Å². The molecule has 3 aromatic rings. The topological polar surface area (TPSA) is 61.5 Å². The summed E-state index contributed by atoms with van der Waals surface area (Å²) in [7, 11) is 1.67. The molecule has 2 aromatic heterocycles. The van der Waals surface area contributed by atoms with Gasteiger partial charge in [0.05, 0.1) is 13.2 Å². The van der Waals surface area contributed by atoms with Crippen LogP contribution in [0.3, 0.4) is 0 Å². The Balaban J connectivity index is 1.93. The minimum atomic E-state index is 0.605. The van der Waals surface area contributed by atoms with Gasteiger partial charge in [0, 0.05) is 19.1 Å². The fourth-order valence-electron chi connectivity index (χ4n) is 2.01. The normalized spacial score (nSPS) is 11.1. The van der Waals surface area contributed by atoms with Crippen molar-refractivity contribution in [3.63, 3.8) is 0 Å². The molecule has 0 aliphatic carbocycles. The first kappa shape index (κ1) is 14.0. The van der Waals surface area contributed by atoms with E-state index in [1.165, 1.54) is 11.3 Å². The maximum atomic E-state index is 5.53. The Hall–Kier alpha value is -1.99. The number of rotatable bonds is 6. The summed E-state index contributed by atoms with van der Waals surface area (Å²) in [5.41, 5.74) is 1.02. The average molecular weight is 304 g/mol. The van der Waals surface area contributed by atoms with Crippen molar-refractivity contribution in [2.75, 3.05) is 20.3 Å². The second kappa shape index (κ2) is 6.19. The highest BCUT2D eigenvalue weighted by Crippen LogP contribution is 2.28. The second-order valence-corrected chi connectivity index (χ2v) is 5.38. The molecule has 0 spiro atoms. The molecule has 0 aliphatic rings. The van der Waals surface area contributed by atoms with E-state index >= 15 is 0 Å². The lowest BCUT2D eigenvalue weighted by atomic mass is 10.2. The lowest BCUT2D eigenvalue weighted by Crippen LogP contribution is -2.01. The monoisotopic (exact) mass is 304 g/mol. The standard InChI is InChI=1S/C14H16N4O2S/c1-3-20-11-6-4-5-10(9-11)13-17-18-12(7-8-19-2)15-16-14(18)21-13/h4-6,9H,3,7-8H2,1-2H3. The van der Waals surface area contributed by atoms with E-state index in [0.717, 1.165) is 27.1 Å². The number of benzene rings is 1. The Morgan fingerprint density at radius 2 is 2.19 bits per heavy atom. The Kier molecular flexibility index (Phi) is 4.12. The highest BCUT2D eigenvalue weighted by molar-refractivity contribution is 7.19. The molecule has 0 bridgehead atoms. The van der Waals surface area contributed by atoms with Gasteiger partial charge in [0.25, 0.3) is 0 Å². The molecule has 6 nitrogen and oxygen atoms in total. The van der Waals surface area contributed by atoms with Crippen molar-refractivity contribution in [3.05, 3.63) is 30.1 Å². The largest absolute Gasteiger partial charge is 0.494 e. The van der Waals surface area contributed by atoms with Crippen LogP contribution in [0.25, 0.3) is 15.5 Å². The molecule has 7 heteroatoms. The van der Waals surface area contributed by atoms with Crippen LogP contribution in [-0.4, -0.2) is 40.1 Å². The summed E-state index contributed by atoms with van der Waals surface area (Å²) >= 11 is 1.51. The second-order valence-electron chi connectivity index (χ2n) is 4.42. The summed E-state index contributed by atoms with van der Waals surface area (Å²) in [5, 5.41) is 13.8. The highest BCUT2D eigenvalue weighted by Gasteiger charge is 2.13. The number of aromatic nitrogens is 4. The summed E-state index contributed by atoms with van der Waals surface area (Å²) < 4.78 is 12.4. The average Bonchev–Trinajstić information content (AvgIpc) is 3.06. The van der Waals surface area contributed by atoms with E-state index in [4.69, 9.17) is 9.47 Å². The van der Waals surface area contributed by atoms with E-state index < -0.39 is 0 Å². The van der Waals surface area contributed by atoms with Crippen LogP contribution >= 0.6 is 11.3 Å². The maximum Gasteiger partial charge on any atom is 0.234 e. The van der Waals surface area contributed by atoms with E-state index in [1.54, 1.807) is 11.6 Å². The van der Waals surface area contributed by atoms with Crippen molar-refractivity contribution >= 4 is 16.3 Å². The summed E-state index contributed by atoms with van der Waals surface area (Å²) in [6.45, 7) is 3.22. The Morgan fingerprint density at radius 3 is 3.00 bits per heavy atom. The van der Waals surface area contributed by atoms with Crippen molar-refractivity contribution in [1.29, 1.82) is 0 Å². The van der Waals surface area contributed by atoms with Gasteiger partial charge in [0.2, 0.25) is 4.96 Å². The fourth-order valence-corrected chi connectivity index (χ4v) is 2.86. The Labute approximate surface area is 126 Å². The third-order valence-electron chi connectivity index (χ3n) is 2.98. The van der Waals surface area contributed by atoms with Crippen molar-refractivity contribution < 1.29 is 9.47 Å². The molecule has 0 amide bonds. The predicted octanol–water partition coefficient (Wildman–Crippen LogP) is 2.44. The third kappa shape index (κ3) is 2.88. The molecule has 0 N–H and O–H groups in total. The van der Waals surface area contributed by atoms with Crippen LogP contribution in [-0.2, 0) is 11.2 Å².